The van der Waals surface area contributed by atoms with Gasteiger partial charge < -0.3 is 21.1 Å². The maximum absolute atomic E-state index is 14.3. The quantitative estimate of drug-likeness (QED) is 0.424. The van der Waals surface area contributed by atoms with Gasteiger partial charge in [0.2, 0.25) is 0 Å². The summed E-state index contributed by atoms with van der Waals surface area (Å²) < 4.78 is 21.4. The van der Waals surface area contributed by atoms with Gasteiger partial charge in [-0.1, -0.05) is 30.4 Å². The van der Waals surface area contributed by atoms with Crippen molar-refractivity contribution < 1.29 is 18.7 Å². The number of amides is 1. The second-order valence-electron chi connectivity index (χ2n) is 8.12. The number of rotatable bonds is 6. The van der Waals surface area contributed by atoms with Crippen molar-refractivity contribution in [2.24, 2.45) is 5.73 Å². The molecule has 0 saturated carbocycles. The van der Waals surface area contributed by atoms with Crippen LogP contribution in [0.25, 0.3) is 5.65 Å². The van der Waals surface area contributed by atoms with Crippen molar-refractivity contribution in [1.82, 2.24) is 14.6 Å². The van der Waals surface area contributed by atoms with Gasteiger partial charge in [-0.3, -0.25) is 4.79 Å². The average Bonchev–Trinajstić information content (AvgIpc) is 3.33. The fraction of sp³-hybridized carbons (Fsp3) is 0.250. The van der Waals surface area contributed by atoms with E-state index in [9.17, 15) is 14.0 Å². The van der Waals surface area contributed by atoms with E-state index in [1.165, 1.54) is 4.52 Å². The second kappa shape index (κ2) is 8.97. The molecule has 4 N–H and O–H groups in total. The van der Waals surface area contributed by atoms with Crippen LogP contribution in [0.3, 0.4) is 0 Å². The Kier molecular flexibility index (Phi) is 6.06. The number of anilines is 2. The highest BCUT2D eigenvalue weighted by Crippen LogP contribution is 2.34. The lowest BCUT2D eigenvalue weighted by atomic mass is 10.0. The van der Waals surface area contributed by atoms with Gasteiger partial charge in [0.15, 0.2) is 11.5 Å². The molecule has 2 atom stereocenters. The summed E-state index contributed by atoms with van der Waals surface area (Å²) in [5.41, 5.74) is 13.3. The van der Waals surface area contributed by atoms with Crippen LogP contribution in [0.4, 0.5) is 16.0 Å². The van der Waals surface area contributed by atoms with E-state index in [1.807, 2.05) is 19.1 Å². The Labute approximate surface area is 195 Å². The molecule has 1 aliphatic rings. The van der Waals surface area contributed by atoms with E-state index in [4.69, 9.17) is 16.2 Å². The number of allylic oxidation sites excluding steroid dienone is 1. The lowest BCUT2D eigenvalue weighted by Gasteiger charge is -2.26. The number of esters is 1. The number of aromatic nitrogens is 3. The molecule has 1 saturated heterocycles. The van der Waals surface area contributed by atoms with Crippen molar-refractivity contribution in [3.63, 3.8) is 0 Å². The molecule has 0 radical (unpaired) electrons. The number of carbonyl (C=O) groups is 2. The average molecular weight is 465 g/mol. The van der Waals surface area contributed by atoms with Crippen molar-refractivity contribution in [2.75, 3.05) is 17.2 Å². The van der Waals surface area contributed by atoms with Crippen LogP contribution in [0.1, 0.15) is 39.6 Å². The third-order valence-corrected chi connectivity index (χ3v) is 5.85. The molecule has 9 nitrogen and oxygen atoms in total. The number of primary amides is 1. The van der Waals surface area contributed by atoms with Gasteiger partial charge in [0.1, 0.15) is 23.3 Å². The molecular weight excluding hydrogens is 439 g/mol. The maximum atomic E-state index is 14.3. The zero-order valence-electron chi connectivity index (χ0n) is 18.9. The number of benzene rings is 1. The summed E-state index contributed by atoms with van der Waals surface area (Å²) in [5.74, 6) is -1.42. The van der Waals surface area contributed by atoms with E-state index in [1.54, 1.807) is 42.3 Å². The van der Waals surface area contributed by atoms with E-state index < -0.39 is 29.8 Å². The molecule has 0 spiro atoms. The van der Waals surface area contributed by atoms with Gasteiger partial charge in [-0.15, -0.1) is 5.10 Å². The van der Waals surface area contributed by atoms with Gasteiger partial charge in [-0.05, 0) is 32.0 Å². The van der Waals surface area contributed by atoms with Gasteiger partial charge in [0.05, 0.1) is 18.2 Å². The van der Waals surface area contributed by atoms with Crippen molar-refractivity contribution in [3.8, 4) is 0 Å². The lowest BCUT2D eigenvalue weighted by molar-refractivity contribution is 0.0344. The molecule has 10 heteroatoms. The SMILES string of the molecule is C=C(F)/C(=C\C)[C@H]1C[C@H](OC(=O)c2ccc(C)cc2)CN1c1ccn2nc(N)c(C(N)=O)c2n1. The van der Waals surface area contributed by atoms with Gasteiger partial charge in [-0.2, -0.15) is 0 Å². The Morgan fingerprint density at radius 3 is 2.59 bits per heavy atom. The fourth-order valence-corrected chi connectivity index (χ4v) is 4.20. The molecule has 0 bridgehead atoms. The number of nitrogens with zero attached hydrogens (tertiary/aromatic N) is 4. The summed E-state index contributed by atoms with van der Waals surface area (Å²) in [5, 5.41) is 4.05. The third-order valence-electron chi connectivity index (χ3n) is 5.85. The number of carbonyl (C=O) groups excluding carboxylic acids is 2. The second-order valence-corrected chi connectivity index (χ2v) is 8.12. The summed E-state index contributed by atoms with van der Waals surface area (Å²) >= 11 is 0. The summed E-state index contributed by atoms with van der Waals surface area (Å²) in [6.45, 7) is 7.35. The number of aryl methyl sites for hydroxylation is 1. The smallest absolute Gasteiger partial charge is 0.338 e. The molecule has 1 fully saturated rings. The highest BCUT2D eigenvalue weighted by atomic mass is 19.1. The Balaban J connectivity index is 1.68. The van der Waals surface area contributed by atoms with E-state index in [0.29, 0.717) is 23.4 Å². The zero-order valence-corrected chi connectivity index (χ0v) is 18.9. The van der Waals surface area contributed by atoms with Crippen molar-refractivity contribution in [1.29, 1.82) is 0 Å². The molecule has 2 aromatic heterocycles. The summed E-state index contributed by atoms with van der Waals surface area (Å²) in [4.78, 5) is 30.9. The fourth-order valence-electron chi connectivity index (χ4n) is 4.20. The minimum Gasteiger partial charge on any atom is -0.457 e. The molecule has 0 unspecified atom stereocenters. The Morgan fingerprint density at radius 1 is 1.26 bits per heavy atom. The predicted molar refractivity (Wildman–Crippen MR) is 126 cm³/mol. The summed E-state index contributed by atoms with van der Waals surface area (Å²) in [7, 11) is 0. The minimum absolute atomic E-state index is 0.00102. The molecule has 1 aromatic carbocycles. The molecule has 3 aromatic rings. The Hall–Kier alpha value is -4.21. The van der Waals surface area contributed by atoms with Gasteiger partial charge >= 0.3 is 5.97 Å². The Morgan fingerprint density at radius 2 is 1.97 bits per heavy atom. The Bertz CT molecular complexity index is 1310. The van der Waals surface area contributed by atoms with Crippen LogP contribution in [0, 0.1) is 6.92 Å². The van der Waals surface area contributed by atoms with Crippen LogP contribution in [0.2, 0.25) is 0 Å². The molecule has 3 heterocycles. The van der Waals surface area contributed by atoms with Crippen molar-refractivity contribution in [3.05, 3.63) is 77.3 Å². The van der Waals surface area contributed by atoms with E-state index in [2.05, 4.69) is 16.7 Å². The summed E-state index contributed by atoms with van der Waals surface area (Å²) in [6.07, 6.45) is 3.02. The van der Waals surface area contributed by atoms with Crippen LogP contribution in [-0.2, 0) is 4.74 Å². The first kappa shape index (κ1) is 23.0. The highest BCUT2D eigenvalue weighted by Gasteiger charge is 2.38. The molecule has 1 amide bonds. The van der Waals surface area contributed by atoms with Crippen LogP contribution in [0.15, 0.2) is 60.6 Å². The first-order valence-electron chi connectivity index (χ1n) is 10.7. The molecular formula is C24H25FN6O3. The normalized spacial score (nSPS) is 18.3. The third kappa shape index (κ3) is 4.21. The van der Waals surface area contributed by atoms with E-state index in [0.717, 1.165) is 5.56 Å². The molecule has 176 valence electrons. The van der Waals surface area contributed by atoms with Crippen molar-refractivity contribution in [2.45, 2.75) is 32.4 Å². The minimum atomic E-state index is -0.758. The van der Waals surface area contributed by atoms with Crippen molar-refractivity contribution >= 4 is 29.2 Å². The van der Waals surface area contributed by atoms with Gasteiger partial charge in [-0.25, -0.2) is 18.7 Å². The number of hydrogen-bond donors (Lipinski definition) is 2. The lowest BCUT2D eigenvalue weighted by Crippen LogP contribution is -2.32. The maximum Gasteiger partial charge on any atom is 0.338 e. The highest BCUT2D eigenvalue weighted by molar-refractivity contribution is 6.03. The first-order chi connectivity index (χ1) is 16.2. The van der Waals surface area contributed by atoms with Crippen LogP contribution in [0.5, 0.6) is 0 Å². The number of fused-ring (bicyclic) bond motifs is 1. The number of ether oxygens (including phenoxy) is 1. The monoisotopic (exact) mass is 464 g/mol. The predicted octanol–water partition coefficient (Wildman–Crippen LogP) is 2.95. The molecule has 1 aliphatic heterocycles. The number of halogens is 1. The standard InChI is InChI=1S/C24H25FN6O3/c1-4-17(14(3)25)18-11-16(34-24(33)15-7-5-13(2)6-8-15)12-30(18)19-9-10-31-23(28-19)20(22(27)32)21(26)29-31/h4-10,16,18H,3,11-12H2,1-2H3,(H2,26,29)(H2,27,32)/b17-4+/t16-,18+/m0/s1. The first-order valence-corrected chi connectivity index (χ1v) is 10.7. The molecule has 0 aliphatic carbocycles. The van der Waals surface area contributed by atoms with E-state index >= 15 is 0 Å². The summed E-state index contributed by atoms with van der Waals surface area (Å²) in [6, 6.07) is 8.23. The molecule has 4 rings (SSSR count). The van der Waals surface area contributed by atoms with Crippen LogP contribution in [-0.4, -0.2) is 45.2 Å². The van der Waals surface area contributed by atoms with Gasteiger partial charge in [0, 0.05) is 18.2 Å². The van der Waals surface area contributed by atoms with Gasteiger partial charge in [0.25, 0.3) is 5.91 Å². The zero-order chi connectivity index (χ0) is 24.6. The number of nitrogen functional groups attached to an aromatic ring is 1. The van der Waals surface area contributed by atoms with E-state index in [-0.39, 0.29) is 23.6 Å². The van der Waals surface area contributed by atoms with Crippen LogP contribution < -0.4 is 16.4 Å². The molecule has 34 heavy (non-hydrogen) atoms. The largest absolute Gasteiger partial charge is 0.457 e. The number of nitrogens with two attached hydrogens (primary N) is 2. The topological polar surface area (TPSA) is 129 Å². The van der Waals surface area contributed by atoms with Crippen LogP contribution >= 0.6 is 0 Å². The number of hydrogen-bond acceptors (Lipinski definition) is 7.